The number of amides is 2. The highest BCUT2D eigenvalue weighted by Crippen LogP contribution is 2.10. The van der Waals surface area contributed by atoms with Crippen molar-refractivity contribution in [3.63, 3.8) is 0 Å². The van der Waals surface area contributed by atoms with Gasteiger partial charge in [-0.15, -0.1) is 0 Å². The first-order valence-corrected chi connectivity index (χ1v) is 9.25. The third-order valence-corrected chi connectivity index (χ3v) is 4.10. The fourth-order valence-electron chi connectivity index (χ4n) is 2.11. The number of aromatic nitrogens is 1. The van der Waals surface area contributed by atoms with Gasteiger partial charge in [0.25, 0.3) is 5.91 Å². The van der Waals surface area contributed by atoms with Crippen LogP contribution in [0.5, 0.6) is 5.88 Å². The van der Waals surface area contributed by atoms with Gasteiger partial charge in [0.2, 0.25) is 11.8 Å². The monoisotopic (exact) mass is 435 g/mol. The highest BCUT2D eigenvalue weighted by molar-refractivity contribution is 9.10. The summed E-state index contributed by atoms with van der Waals surface area (Å²) in [6.45, 7) is 1.57. The fraction of sp³-hybridized carbons (Fsp3) is 0.316. The highest BCUT2D eigenvalue weighted by Gasteiger charge is 2.07. The van der Waals surface area contributed by atoms with Crippen LogP contribution in [0.3, 0.4) is 0 Å². The Hall–Kier alpha value is -2.45. The minimum Gasteiger partial charge on any atom is -0.475 e. The normalized spacial score (nSPS) is 10.3. The summed E-state index contributed by atoms with van der Waals surface area (Å²) in [5.74, 6) is 0.160. The zero-order chi connectivity index (χ0) is 19.5. The van der Waals surface area contributed by atoms with Crippen LogP contribution in [0.2, 0.25) is 0 Å². The van der Waals surface area contributed by atoms with Crippen LogP contribution in [0.4, 0.5) is 0 Å². The second-order valence-electron chi connectivity index (χ2n) is 5.64. The fourth-order valence-corrected chi connectivity index (χ4v) is 2.38. The first-order chi connectivity index (χ1) is 13.1. The molecule has 0 fully saturated rings. The van der Waals surface area contributed by atoms with Crippen molar-refractivity contribution in [1.82, 2.24) is 15.6 Å². The molecule has 144 valence electrons. The van der Waals surface area contributed by atoms with Gasteiger partial charge in [0.05, 0.1) is 6.61 Å². The Morgan fingerprint density at radius 3 is 2.52 bits per heavy atom. The molecule has 0 spiro atoms. The average Bonchev–Trinajstić information content (AvgIpc) is 2.68. The molecular weight excluding hydrogens is 414 g/mol. The third kappa shape index (κ3) is 7.76. The maximum atomic E-state index is 12.0. The van der Waals surface area contributed by atoms with Crippen LogP contribution in [0.1, 0.15) is 22.3 Å². The van der Waals surface area contributed by atoms with Crippen LogP contribution in [0.25, 0.3) is 0 Å². The van der Waals surface area contributed by atoms with E-state index in [0.717, 1.165) is 10.0 Å². The van der Waals surface area contributed by atoms with Gasteiger partial charge in [-0.2, -0.15) is 0 Å². The topological polar surface area (TPSA) is 89.5 Å². The molecule has 0 saturated carbocycles. The summed E-state index contributed by atoms with van der Waals surface area (Å²) in [5, 5.41) is 5.52. The minimum atomic E-state index is -0.205. The van der Waals surface area contributed by atoms with E-state index < -0.39 is 0 Å². The maximum Gasteiger partial charge on any atom is 0.251 e. The molecular formula is C19H22BrN3O4. The number of halogens is 1. The summed E-state index contributed by atoms with van der Waals surface area (Å²) in [6, 6.07) is 10.6. The van der Waals surface area contributed by atoms with Crippen molar-refractivity contribution in [2.45, 2.75) is 13.0 Å². The van der Waals surface area contributed by atoms with E-state index in [0.29, 0.717) is 31.2 Å². The van der Waals surface area contributed by atoms with Crippen molar-refractivity contribution in [1.29, 1.82) is 0 Å². The van der Waals surface area contributed by atoms with Gasteiger partial charge in [0, 0.05) is 48.9 Å². The Morgan fingerprint density at radius 1 is 1.07 bits per heavy atom. The third-order valence-electron chi connectivity index (χ3n) is 3.57. The largest absolute Gasteiger partial charge is 0.475 e. The van der Waals surface area contributed by atoms with Crippen LogP contribution in [-0.4, -0.2) is 43.7 Å². The molecule has 0 saturated heterocycles. The van der Waals surface area contributed by atoms with Crippen LogP contribution in [0.15, 0.2) is 47.1 Å². The Morgan fingerprint density at radius 2 is 1.85 bits per heavy atom. The maximum absolute atomic E-state index is 12.0. The smallest absolute Gasteiger partial charge is 0.251 e. The average molecular weight is 436 g/mol. The Labute approximate surface area is 166 Å². The Bertz CT molecular complexity index is 736. The molecule has 27 heavy (non-hydrogen) atoms. The minimum absolute atomic E-state index is 0.147. The quantitative estimate of drug-likeness (QED) is 0.558. The van der Waals surface area contributed by atoms with Gasteiger partial charge in [-0.25, -0.2) is 4.98 Å². The lowest BCUT2D eigenvalue weighted by Crippen LogP contribution is -2.30. The lowest BCUT2D eigenvalue weighted by atomic mass is 10.2. The summed E-state index contributed by atoms with van der Waals surface area (Å²) in [4.78, 5) is 28.0. The number of hydrogen-bond acceptors (Lipinski definition) is 5. The predicted molar refractivity (Wildman–Crippen MR) is 105 cm³/mol. The molecule has 8 heteroatoms. The van der Waals surface area contributed by atoms with Crippen LogP contribution in [0, 0.1) is 0 Å². The van der Waals surface area contributed by atoms with E-state index >= 15 is 0 Å². The summed E-state index contributed by atoms with van der Waals surface area (Å²) < 4.78 is 11.2. The SMILES string of the molecule is COCCOc1ccc(CNC(=O)CCNC(=O)c2ccc(Br)cc2)cn1. The van der Waals surface area contributed by atoms with Crippen LogP contribution >= 0.6 is 15.9 Å². The molecule has 1 heterocycles. The predicted octanol–water partition coefficient (Wildman–Crippen LogP) is 2.31. The molecule has 0 bridgehead atoms. The van der Waals surface area contributed by atoms with E-state index in [2.05, 4.69) is 31.5 Å². The lowest BCUT2D eigenvalue weighted by molar-refractivity contribution is -0.121. The number of hydrogen-bond donors (Lipinski definition) is 2. The second kappa shape index (κ2) is 11.3. The number of pyridine rings is 1. The number of ether oxygens (including phenoxy) is 2. The van der Waals surface area contributed by atoms with Crippen molar-refractivity contribution in [2.75, 3.05) is 26.9 Å². The number of rotatable bonds is 10. The number of benzene rings is 1. The van der Waals surface area contributed by atoms with Crippen molar-refractivity contribution >= 4 is 27.7 Å². The van der Waals surface area contributed by atoms with Crippen LogP contribution in [-0.2, 0) is 16.1 Å². The van der Waals surface area contributed by atoms with Gasteiger partial charge >= 0.3 is 0 Å². The molecule has 0 aliphatic carbocycles. The number of nitrogens with zero attached hydrogens (tertiary/aromatic N) is 1. The van der Waals surface area contributed by atoms with E-state index in [1.54, 1.807) is 43.6 Å². The molecule has 7 nitrogen and oxygen atoms in total. The lowest BCUT2D eigenvalue weighted by Gasteiger charge is -2.08. The standard InChI is InChI=1S/C19H22BrN3O4/c1-26-10-11-27-18-7-2-14(13-23-18)12-22-17(24)8-9-21-19(25)15-3-5-16(20)6-4-15/h2-7,13H,8-12H2,1H3,(H,21,25)(H,22,24). The van der Waals surface area contributed by atoms with Crippen molar-refractivity contribution in [3.8, 4) is 5.88 Å². The number of nitrogens with one attached hydrogen (secondary N) is 2. The van der Waals surface area contributed by atoms with Crippen molar-refractivity contribution in [3.05, 3.63) is 58.2 Å². The first kappa shape index (κ1) is 20.9. The number of carbonyl (C=O) groups excluding carboxylic acids is 2. The van der Waals surface area contributed by atoms with Crippen molar-refractivity contribution in [2.24, 2.45) is 0 Å². The molecule has 0 aliphatic rings. The molecule has 1 aromatic carbocycles. The van der Waals surface area contributed by atoms with Gasteiger partial charge in [-0.05, 0) is 29.8 Å². The van der Waals surface area contributed by atoms with Crippen LogP contribution < -0.4 is 15.4 Å². The zero-order valence-electron chi connectivity index (χ0n) is 15.0. The molecule has 1 aromatic heterocycles. The van der Waals surface area contributed by atoms with E-state index in [4.69, 9.17) is 9.47 Å². The van der Waals surface area contributed by atoms with Gasteiger partial charge in [0.1, 0.15) is 6.61 Å². The Balaban J connectivity index is 1.65. The summed E-state index contributed by atoms with van der Waals surface area (Å²) in [6.07, 6.45) is 1.85. The first-order valence-electron chi connectivity index (χ1n) is 8.45. The van der Waals surface area contributed by atoms with Gasteiger partial charge in [-0.1, -0.05) is 22.0 Å². The van der Waals surface area contributed by atoms with Gasteiger partial charge in [0.15, 0.2) is 0 Å². The zero-order valence-corrected chi connectivity index (χ0v) is 16.6. The molecule has 0 radical (unpaired) electrons. The summed E-state index contributed by atoms with van der Waals surface area (Å²) >= 11 is 3.32. The van der Waals surface area contributed by atoms with Gasteiger partial charge in [-0.3, -0.25) is 9.59 Å². The molecule has 0 atom stereocenters. The molecule has 2 aromatic rings. The number of carbonyl (C=O) groups is 2. The van der Waals surface area contributed by atoms with Gasteiger partial charge < -0.3 is 20.1 Å². The Kier molecular flexibility index (Phi) is 8.73. The second-order valence-corrected chi connectivity index (χ2v) is 6.55. The molecule has 2 amide bonds. The summed E-state index contributed by atoms with van der Waals surface area (Å²) in [5.41, 5.74) is 1.42. The van der Waals surface area contributed by atoms with E-state index in [9.17, 15) is 9.59 Å². The number of methoxy groups -OCH3 is 1. The highest BCUT2D eigenvalue weighted by atomic mass is 79.9. The van der Waals surface area contributed by atoms with E-state index in [-0.39, 0.29) is 24.8 Å². The molecule has 2 N–H and O–H groups in total. The van der Waals surface area contributed by atoms with E-state index in [1.165, 1.54) is 0 Å². The molecule has 0 aliphatic heterocycles. The summed E-state index contributed by atoms with van der Waals surface area (Å²) in [7, 11) is 1.61. The van der Waals surface area contributed by atoms with E-state index in [1.807, 2.05) is 6.07 Å². The van der Waals surface area contributed by atoms with Crippen molar-refractivity contribution < 1.29 is 19.1 Å². The molecule has 2 rings (SSSR count). The molecule has 0 unspecified atom stereocenters.